The van der Waals surface area contributed by atoms with Crippen molar-refractivity contribution >= 4 is 11.8 Å². The molecule has 214 valence electrons. The molecule has 2 aromatic rings. The maximum absolute atomic E-state index is 13.0. The summed E-state index contributed by atoms with van der Waals surface area (Å²) in [5.41, 5.74) is 2.17. The van der Waals surface area contributed by atoms with Gasteiger partial charge in [0.25, 0.3) is 5.89 Å². The molecule has 0 saturated carbocycles. The van der Waals surface area contributed by atoms with E-state index in [-0.39, 0.29) is 23.8 Å². The van der Waals surface area contributed by atoms with Gasteiger partial charge in [0.05, 0.1) is 13.2 Å². The minimum atomic E-state index is 0.0608. The summed E-state index contributed by atoms with van der Waals surface area (Å²) in [4.78, 5) is 34.1. The molecule has 0 spiro atoms. The number of hydrogen-bond donors (Lipinski definition) is 1. The molecule has 39 heavy (non-hydrogen) atoms. The van der Waals surface area contributed by atoms with Crippen molar-refractivity contribution in [2.75, 3.05) is 39.9 Å². The summed E-state index contributed by atoms with van der Waals surface area (Å²) in [5.74, 6) is 2.49. The van der Waals surface area contributed by atoms with Crippen molar-refractivity contribution in [1.82, 2.24) is 25.3 Å². The van der Waals surface area contributed by atoms with Crippen LogP contribution in [0, 0.1) is 0 Å². The van der Waals surface area contributed by atoms with Crippen LogP contribution in [0.5, 0.6) is 5.75 Å². The van der Waals surface area contributed by atoms with Gasteiger partial charge in [0, 0.05) is 57.2 Å². The van der Waals surface area contributed by atoms with Crippen molar-refractivity contribution in [2.24, 2.45) is 0 Å². The third-order valence-corrected chi connectivity index (χ3v) is 7.57. The quantitative estimate of drug-likeness (QED) is 0.568. The van der Waals surface area contributed by atoms with Gasteiger partial charge in [-0.05, 0) is 64.0 Å². The van der Waals surface area contributed by atoms with E-state index in [9.17, 15) is 9.59 Å². The Kier molecular flexibility index (Phi) is 10.7. The fourth-order valence-electron chi connectivity index (χ4n) is 5.16. The number of hydrogen-bond acceptors (Lipinski definition) is 8. The van der Waals surface area contributed by atoms with Crippen molar-refractivity contribution in [2.45, 2.75) is 83.9 Å². The highest BCUT2D eigenvalue weighted by atomic mass is 16.5. The monoisotopic (exact) mass is 541 g/mol. The molecule has 2 aliphatic rings. The highest BCUT2D eigenvalue weighted by Crippen LogP contribution is 2.27. The number of ether oxygens (including phenoxy) is 2. The van der Waals surface area contributed by atoms with Crippen molar-refractivity contribution in [1.29, 1.82) is 0 Å². The summed E-state index contributed by atoms with van der Waals surface area (Å²) in [6, 6.07) is 6.45. The van der Waals surface area contributed by atoms with E-state index in [2.05, 4.69) is 46.3 Å². The van der Waals surface area contributed by atoms with Gasteiger partial charge in [-0.15, -0.1) is 0 Å². The molecule has 1 aromatic carbocycles. The maximum Gasteiger partial charge on any atom is 0.252 e. The topological polar surface area (TPSA) is 110 Å². The Morgan fingerprint density at radius 2 is 2.00 bits per heavy atom. The number of amides is 2. The highest BCUT2D eigenvalue weighted by molar-refractivity contribution is 5.78. The van der Waals surface area contributed by atoms with E-state index in [1.807, 2.05) is 11.0 Å². The predicted molar refractivity (Wildman–Crippen MR) is 146 cm³/mol. The Morgan fingerprint density at radius 1 is 1.18 bits per heavy atom. The number of likely N-dealkylation sites (tertiary alicyclic amines) is 1. The fraction of sp³-hybridized carbons (Fsp3) is 0.655. The summed E-state index contributed by atoms with van der Waals surface area (Å²) in [6.07, 6.45) is 5.71. The van der Waals surface area contributed by atoms with Gasteiger partial charge in [0.1, 0.15) is 12.4 Å². The summed E-state index contributed by atoms with van der Waals surface area (Å²) in [6.45, 7) is 8.26. The van der Waals surface area contributed by atoms with Crippen LogP contribution in [0.4, 0.5) is 0 Å². The molecule has 3 heterocycles. The summed E-state index contributed by atoms with van der Waals surface area (Å²) in [7, 11) is 1.60. The molecule has 0 radical (unpaired) electrons. The largest absolute Gasteiger partial charge is 0.493 e. The van der Waals surface area contributed by atoms with Gasteiger partial charge in [0.15, 0.2) is 5.82 Å². The van der Waals surface area contributed by atoms with Crippen LogP contribution in [0.25, 0.3) is 0 Å². The minimum absolute atomic E-state index is 0.0608. The predicted octanol–water partition coefficient (Wildman–Crippen LogP) is 3.44. The summed E-state index contributed by atoms with van der Waals surface area (Å²) >= 11 is 0. The van der Waals surface area contributed by atoms with Crippen LogP contribution >= 0.6 is 0 Å². The maximum atomic E-state index is 13.0. The van der Waals surface area contributed by atoms with Crippen molar-refractivity contribution in [3.05, 3.63) is 41.0 Å². The number of aromatic nitrogens is 2. The van der Waals surface area contributed by atoms with E-state index in [1.54, 1.807) is 7.11 Å². The van der Waals surface area contributed by atoms with Gasteiger partial charge in [-0.2, -0.15) is 4.98 Å². The molecule has 2 aliphatic heterocycles. The van der Waals surface area contributed by atoms with E-state index < -0.39 is 0 Å². The van der Waals surface area contributed by atoms with Crippen LogP contribution in [-0.4, -0.2) is 77.7 Å². The Morgan fingerprint density at radius 3 is 2.77 bits per heavy atom. The molecular formula is C29H43N5O5. The SMILES string of the molecule is COCc1nc(C2CCN(C(=O)CCc3ccc4c(c3)CN(C(C)C)CC(=O)NCCCCCO4)CC2)no1. The van der Waals surface area contributed by atoms with Gasteiger partial charge in [0.2, 0.25) is 11.8 Å². The van der Waals surface area contributed by atoms with Gasteiger partial charge < -0.3 is 24.2 Å². The first-order chi connectivity index (χ1) is 18.9. The van der Waals surface area contributed by atoms with E-state index in [0.29, 0.717) is 70.5 Å². The first-order valence-corrected chi connectivity index (χ1v) is 14.3. The lowest BCUT2D eigenvalue weighted by atomic mass is 9.95. The van der Waals surface area contributed by atoms with Crippen LogP contribution in [0.1, 0.15) is 81.1 Å². The third-order valence-electron chi connectivity index (χ3n) is 7.57. The Bertz CT molecular complexity index is 1080. The average Bonchev–Trinajstić information content (AvgIpc) is 3.40. The number of piperidine rings is 1. The number of methoxy groups -OCH3 is 1. The molecule has 10 heteroatoms. The first kappa shape index (κ1) is 29.0. The molecular weight excluding hydrogens is 498 g/mol. The van der Waals surface area contributed by atoms with Crippen molar-refractivity contribution < 1.29 is 23.6 Å². The Labute approximate surface area is 231 Å². The second-order valence-electron chi connectivity index (χ2n) is 10.8. The van der Waals surface area contributed by atoms with Crippen LogP contribution in [-0.2, 0) is 33.9 Å². The second-order valence-corrected chi connectivity index (χ2v) is 10.8. The number of benzene rings is 1. The third kappa shape index (κ3) is 8.50. The van der Waals surface area contributed by atoms with E-state index in [0.717, 1.165) is 49.0 Å². The number of rotatable bonds is 7. The summed E-state index contributed by atoms with van der Waals surface area (Å²) in [5, 5.41) is 7.14. The molecule has 1 fully saturated rings. The van der Waals surface area contributed by atoms with Gasteiger partial charge in [-0.25, -0.2) is 0 Å². The van der Waals surface area contributed by atoms with Gasteiger partial charge >= 0.3 is 0 Å². The number of fused-ring (bicyclic) bond motifs is 1. The molecule has 2 amide bonds. The lowest BCUT2D eigenvalue weighted by molar-refractivity contribution is -0.132. The Balaban J connectivity index is 1.35. The lowest BCUT2D eigenvalue weighted by Gasteiger charge is -2.30. The van der Waals surface area contributed by atoms with Crippen LogP contribution in [0.2, 0.25) is 0 Å². The minimum Gasteiger partial charge on any atom is -0.493 e. The number of aryl methyl sites for hydroxylation is 1. The molecule has 1 aromatic heterocycles. The molecule has 0 atom stereocenters. The molecule has 1 N–H and O–H groups in total. The molecule has 1 saturated heterocycles. The number of nitrogens with one attached hydrogen (secondary N) is 1. The normalized spacial score (nSPS) is 18.5. The molecule has 0 unspecified atom stereocenters. The van der Waals surface area contributed by atoms with Crippen LogP contribution < -0.4 is 10.1 Å². The fourth-order valence-corrected chi connectivity index (χ4v) is 5.16. The van der Waals surface area contributed by atoms with Crippen LogP contribution in [0.15, 0.2) is 22.7 Å². The number of nitrogens with zero attached hydrogens (tertiary/aromatic N) is 4. The van der Waals surface area contributed by atoms with Gasteiger partial charge in [-0.1, -0.05) is 17.3 Å². The zero-order valence-electron chi connectivity index (χ0n) is 23.6. The molecule has 0 aliphatic carbocycles. The average molecular weight is 542 g/mol. The summed E-state index contributed by atoms with van der Waals surface area (Å²) < 4.78 is 16.4. The highest BCUT2D eigenvalue weighted by Gasteiger charge is 2.27. The van der Waals surface area contributed by atoms with Crippen molar-refractivity contribution in [3.8, 4) is 5.75 Å². The van der Waals surface area contributed by atoms with Crippen molar-refractivity contribution in [3.63, 3.8) is 0 Å². The lowest BCUT2D eigenvalue weighted by Crippen LogP contribution is -2.40. The molecule has 4 rings (SSSR count). The van der Waals surface area contributed by atoms with E-state index in [1.165, 1.54) is 0 Å². The zero-order valence-corrected chi connectivity index (χ0v) is 23.6. The van der Waals surface area contributed by atoms with E-state index in [4.69, 9.17) is 14.0 Å². The number of carbonyl (C=O) groups is 2. The zero-order chi connectivity index (χ0) is 27.6. The van der Waals surface area contributed by atoms with Crippen LogP contribution in [0.3, 0.4) is 0 Å². The second kappa shape index (κ2) is 14.4. The first-order valence-electron chi connectivity index (χ1n) is 14.3. The Hall–Kier alpha value is -2.98. The molecule has 10 nitrogen and oxygen atoms in total. The van der Waals surface area contributed by atoms with E-state index >= 15 is 0 Å². The smallest absolute Gasteiger partial charge is 0.252 e. The number of carbonyl (C=O) groups excluding carboxylic acids is 2. The van der Waals surface area contributed by atoms with Gasteiger partial charge in [-0.3, -0.25) is 14.5 Å². The standard InChI is InChI=1S/C29H43N5O5/c1-21(2)34-18-24-17-22(7-9-25(24)38-16-6-4-5-13-30-26(35)19-34)8-10-28(36)33-14-11-23(12-15-33)29-31-27(20-37-3)39-32-29/h7,9,17,21,23H,4-6,8,10-16,18-20H2,1-3H3,(H,30,35). The molecule has 0 bridgehead atoms.